The third-order valence-electron chi connectivity index (χ3n) is 3.41. The Hall–Kier alpha value is -0.570. The number of nitrogens with one attached hydrogen (secondary N) is 1. The molecule has 1 aliphatic rings. The molecule has 0 heterocycles. The smallest absolute Gasteiger partial charge is 0.320 e. The second-order valence-electron chi connectivity index (χ2n) is 7.63. The van der Waals surface area contributed by atoms with Gasteiger partial charge in [0, 0.05) is 5.54 Å². The summed E-state index contributed by atoms with van der Waals surface area (Å²) in [5.41, 5.74) is 0.248. The number of esters is 1. The zero-order valence-corrected chi connectivity index (χ0v) is 12.8. The van der Waals surface area contributed by atoms with Gasteiger partial charge in [0.15, 0.2) is 0 Å². The topological polar surface area (TPSA) is 38.3 Å². The molecule has 1 rings (SSSR count). The molecule has 0 bridgehead atoms. The molecule has 0 amide bonds. The molecule has 0 aromatic carbocycles. The van der Waals surface area contributed by atoms with Crippen LogP contribution in [-0.2, 0) is 9.53 Å². The van der Waals surface area contributed by atoms with Gasteiger partial charge in [-0.3, -0.25) is 4.79 Å². The number of hydrogen-bond donors (Lipinski definition) is 1. The van der Waals surface area contributed by atoms with Crippen molar-refractivity contribution in [2.75, 3.05) is 6.54 Å². The molecule has 0 saturated heterocycles. The summed E-state index contributed by atoms with van der Waals surface area (Å²) < 4.78 is 5.59. The van der Waals surface area contributed by atoms with Crippen LogP contribution in [0.3, 0.4) is 0 Å². The van der Waals surface area contributed by atoms with E-state index in [1.807, 2.05) is 20.8 Å². The van der Waals surface area contributed by atoms with E-state index >= 15 is 0 Å². The van der Waals surface area contributed by atoms with Crippen molar-refractivity contribution in [2.45, 2.75) is 72.4 Å². The van der Waals surface area contributed by atoms with Crippen molar-refractivity contribution >= 4 is 5.97 Å². The molecule has 3 heteroatoms. The SMILES string of the molecule is CC1CC(OC(=O)CNC(C)(C)C)CC(C)(C)C1. The molecule has 106 valence electrons. The summed E-state index contributed by atoms with van der Waals surface area (Å²) in [4.78, 5) is 11.8. The van der Waals surface area contributed by atoms with Gasteiger partial charge in [0.1, 0.15) is 6.10 Å². The van der Waals surface area contributed by atoms with E-state index < -0.39 is 0 Å². The molecule has 0 spiro atoms. The standard InChI is InChI=1S/C15H29NO2/c1-11-7-12(9-15(5,6)8-11)18-13(17)10-16-14(2,3)4/h11-12,16H,7-10H2,1-6H3. The minimum Gasteiger partial charge on any atom is -0.461 e. The molecule has 18 heavy (non-hydrogen) atoms. The highest BCUT2D eigenvalue weighted by Gasteiger charge is 2.33. The Kier molecular flexibility index (Phi) is 4.82. The van der Waals surface area contributed by atoms with Gasteiger partial charge in [-0.05, 0) is 51.4 Å². The summed E-state index contributed by atoms with van der Waals surface area (Å²) in [6, 6.07) is 0. The van der Waals surface area contributed by atoms with Gasteiger partial charge in [-0.15, -0.1) is 0 Å². The lowest BCUT2D eigenvalue weighted by atomic mass is 9.71. The number of hydrogen-bond acceptors (Lipinski definition) is 3. The molecule has 2 unspecified atom stereocenters. The first kappa shape index (κ1) is 15.5. The fourth-order valence-electron chi connectivity index (χ4n) is 2.91. The van der Waals surface area contributed by atoms with E-state index in [9.17, 15) is 4.79 Å². The molecule has 1 N–H and O–H groups in total. The Morgan fingerprint density at radius 1 is 1.33 bits per heavy atom. The molecule has 0 aliphatic heterocycles. The van der Waals surface area contributed by atoms with Gasteiger partial charge >= 0.3 is 5.97 Å². The monoisotopic (exact) mass is 255 g/mol. The van der Waals surface area contributed by atoms with E-state index in [4.69, 9.17) is 4.74 Å². The van der Waals surface area contributed by atoms with Gasteiger partial charge in [-0.1, -0.05) is 20.8 Å². The average molecular weight is 255 g/mol. The fourth-order valence-corrected chi connectivity index (χ4v) is 2.91. The summed E-state index contributed by atoms with van der Waals surface area (Å²) in [5.74, 6) is 0.516. The van der Waals surface area contributed by atoms with Gasteiger partial charge < -0.3 is 10.1 Å². The van der Waals surface area contributed by atoms with Crippen molar-refractivity contribution in [1.82, 2.24) is 5.32 Å². The molecule has 0 aromatic heterocycles. The quantitative estimate of drug-likeness (QED) is 0.787. The van der Waals surface area contributed by atoms with E-state index in [2.05, 4.69) is 26.1 Å². The first-order chi connectivity index (χ1) is 8.07. The van der Waals surface area contributed by atoms with Crippen molar-refractivity contribution in [3.63, 3.8) is 0 Å². The summed E-state index contributed by atoms with van der Waals surface area (Å²) in [6.45, 7) is 13.2. The van der Waals surface area contributed by atoms with Crippen LogP contribution in [0.15, 0.2) is 0 Å². The summed E-state index contributed by atoms with van der Waals surface area (Å²) in [5, 5.41) is 3.17. The second kappa shape index (κ2) is 5.60. The summed E-state index contributed by atoms with van der Waals surface area (Å²) in [6.07, 6.45) is 3.31. The molecular weight excluding hydrogens is 226 g/mol. The molecule has 1 fully saturated rings. The average Bonchev–Trinajstić information content (AvgIpc) is 2.09. The normalized spacial score (nSPS) is 27.9. The van der Waals surface area contributed by atoms with Gasteiger partial charge in [0.25, 0.3) is 0 Å². The predicted octanol–water partition coefficient (Wildman–Crippen LogP) is 3.13. The van der Waals surface area contributed by atoms with Crippen molar-refractivity contribution in [3.05, 3.63) is 0 Å². The van der Waals surface area contributed by atoms with Crippen molar-refractivity contribution in [1.29, 1.82) is 0 Å². The minimum atomic E-state index is -0.125. The lowest BCUT2D eigenvalue weighted by Crippen LogP contribution is -2.42. The lowest BCUT2D eigenvalue weighted by Gasteiger charge is -2.38. The van der Waals surface area contributed by atoms with Crippen molar-refractivity contribution in [3.8, 4) is 0 Å². The number of rotatable bonds is 3. The Bertz CT molecular complexity index is 291. The van der Waals surface area contributed by atoms with Crippen LogP contribution >= 0.6 is 0 Å². The van der Waals surface area contributed by atoms with Crippen LogP contribution in [0, 0.1) is 11.3 Å². The molecule has 1 saturated carbocycles. The van der Waals surface area contributed by atoms with E-state index in [0.29, 0.717) is 17.9 Å². The highest BCUT2D eigenvalue weighted by molar-refractivity contribution is 5.71. The molecule has 1 aliphatic carbocycles. The van der Waals surface area contributed by atoms with E-state index in [1.54, 1.807) is 0 Å². The second-order valence-corrected chi connectivity index (χ2v) is 7.63. The molecule has 3 nitrogen and oxygen atoms in total. The van der Waals surface area contributed by atoms with E-state index in [1.165, 1.54) is 6.42 Å². The minimum absolute atomic E-state index is 0.0435. The third kappa shape index (κ3) is 5.85. The molecular formula is C15H29NO2. The predicted molar refractivity (Wildman–Crippen MR) is 74.4 cm³/mol. The van der Waals surface area contributed by atoms with Crippen LogP contribution in [0.25, 0.3) is 0 Å². The maximum atomic E-state index is 11.8. The number of carbonyl (C=O) groups excluding carboxylic acids is 1. The number of ether oxygens (including phenoxy) is 1. The highest BCUT2D eigenvalue weighted by Crippen LogP contribution is 2.39. The van der Waals surface area contributed by atoms with E-state index in [0.717, 1.165) is 12.8 Å². The zero-order chi connectivity index (χ0) is 14.0. The Morgan fingerprint density at radius 2 is 1.94 bits per heavy atom. The lowest BCUT2D eigenvalue weighted by molar-refractivity contribution is -0.152. The van der Waals surface area contributed by atoms with Crippen LogP contribution in [0.1, 0.15) is 60.8 Å². The van der Waals surface area contributed by atoms with Crippen LogP contribution in [-0.4, -0.2) is 24.2 Å². The van der Waals surface area contributed by atoms with Gasteiger partial charge in [0.05, 0.1) is 6.54 Å². The van der Waals surface area contributed by atoms with Gasteiger partial charge in [-0.2, -0.15) is 0 Å². The maximum absolute atomic E-state index is 11.8. The van der Waals surface area contributed by atoms with Crippen LogP contribution < -0.4 is 5.32 Å². The van der Waals surface area contributed by atoms with Gasteiger partial charge in [-0.25, -0.2) is 0 Å². The summed E-state index contributed by atoms with van der Waals surface area (Å²) in [7, 11) is 0. The zero-order valence-electron chi connectivity index (χ0n) is 12.8. The Morgan fingerprint density at radius 3 is 2.44 bits per heavy atom. The first-order valence-corrected chi connectivity index (χ1v) is 7.02. The van der Waals surface area contributed by atoms with E-state index in [-0.39, 0.29) is 17.6 Å². The maximum Gasteiger partial charge on any atom is 0.320 e. The van der Waals surface area contributed by atoms with Crippen molar-refractivity contribution < 1.29 is 9.53 Å². The molecule has 2 atom stereocenters. The van der Waals surface area contributed by atoms with Gasteiger partial charge in [0.2, 0.25) is 0 Å². The highest BCUT2D eigenvalue weighted by atomic mass is 16.5. The largest absolute Gasteiger partial charge is 0.461 e. The first-order valence-electron chi connectivity index (χ1n) is 7.02. The number of carbonyl (C=O) groups is 1. The molecule has 0 aromatic rings. The molecule has 0 radical (unpaired) electrons. The van der Waals surface area contributed by atoms with Crippen molar-refractivity contribution in [2.24, 2.45) is 11.3 Å². The van der Waals surface area contributed by atoms with Crippen LogP contribution in [0.5, 0.6) is 0 Å². The Balaban J connectivity index is 2.40. The van der Waals surface area contributed by atoms with Crippen LogP contribution in [0.4, 0.5) is 0 Å². The Labute approximate surface area is 112 Å². The fraction of sp³-hybridized carbons (Fsp3) is 0.933. The van der Waals surface area contributed by atoms with Crippen LogP contribution in [0.2, 0.25) is 0 Å². The third-order valence-corrected chi connectivity index (χ3v) is 3.41. The summed E-state index contributed by atoms with van der Waals surface area (Å²) >= 11 is 0.